The molecule has 1 atom stereocenters. The normalized spacial score (nSPS) is 19.7. The molecule has 0 radical (unpaired) electrons. The zero-order valence-electron chi connectivity index (χ0n) is 12.7. The third-order valence-electron chi connectivity index (χ3n) is 4.75. The van der Waals surface area contributed by atoms with Gasteiger partial charge in [-0.2, -0.15) is 10.4 Å². The molecule has 4 rings (SSSR count). The van der Waals surface area contributed by atoms with E-state index in [1.165, 1.54) is 5.56 Å². The van der Waals surface area contributed by atoms with E-state index in [0.29, 0.717) is 13.1 Å². The molecule has 6 nitrogen and oxygen atoms in total. The van der Waals surface area contributed by atoms with Gasteiger partial charge in [-0.25, -0.2) is 0 Å². The van der Waals surface area contributed by atoms with Crippen LogP contribution < -0.4 is 4.90 Å². The van der Waals surface area contributed by atoms with E-state index in [1.807, 2.05) is 23.1 Å². The lowest BCUT2D eigenvalue weighted by Crippen LogP contribution is -2.43. The summed E-state index contributed by atoms with van der Waals surface area (Å²) in [5, 5.41) is 16.2. The zero-order valence-corrected chi connectivity index (χ0v) is 12.7. The average molecular weight is 307 g/mol. The number of carbonyl (C=O) groups is 1. The van der Waals surface area contributed by atoms with E-state index < -0.39 is 0 Å². The first-order valence-electron chi connectivity index (χ1n) is 7.89. The van der Waals surface area contributed by atoms with Gasteiger partial charge in [0, 0.05) is 30.5 Å². The van der Waals surface area contributed by atoms with E-state index in [1.54, 1.807) is 11.1 Å². The number of nitrogens with zero attached hydrogens (tertiary/aromatic N) is 4. The van der Waals surface area contributed by atoms with Crippen molar-refractivity contribution in [2.45, 2.75) is 25.3 Å². The lowest BCUT2D eigenvalue weighted by Gasteiger charge is -2.24. The standard InChI is InChI=1S/C17H17N5O/c18-11-21-9-2-5-16(21)17(23)22-10-7-13-12(3-1-4-15(13)22)14-6-8-19-20-14/h1,3-4,6,8,16H,2,5,7,9-10H2,(H,19,20). The molecule has 1 aromatic heterocycles. The van der Waals surface area contributed by atoms with Gasteiger partial charge in [-0.05, 0) is 37.0 Å². The summed E-state index contributed by atoms with van der Waals surface area (Å²) in [5.74, 6) is 0.0459. The van der Waals surface area contributed by atoms with Crippen LogP contribution >= 0.6 is 0 Å². The second kappa shape index (κ2) is 5.43. The first kappa shape index (κ1) is 13.8. The van der Waals surface area contributed by atoms with Gasteiger partial charge in [-0.1, -0.05) is 12.1 Å². The van der Waals surface area contributed by atoms with Crippen LogP contribution in [0.5, 0.6) is 0 Å². The number of likely N-dealkylation sites (tertiary alicyclic amines) is 1. The highest BCUT2D eigenvalue weighted by molar-refractivity contribution is 6.00. The molecule has 0 bridgehead atoms. The van der Waals surface area contributed by atoms with E-state index in [4.69, 9.17) is 0 Å². The molecule has 1 saturated heterocycles. The van der Waals surface area contributed by atoms with Crippen LogP contribution in [-0.4, -0.2) is 40.1 Å². The third-order valence-corrected chi connectivity index (χ3v) is 4.75. The van der Waals surface area contributed by atoms with E-state index in [9.17, 15) is 10.1 Å². The number of hydrogen-bond acceptors (Lipinski definition) is 4. The number of nitrogens with one attached hydrogen (secondary N) is 1. The van der Waals surface area contributed by atoms with Crippen molar-refractivity contribution in [3.8, 4) is 17.5 Å². The summed E-state index contributed by atoms with van der Waals surface area (Å²) < 4.78 is 0. The van der Waals surface area contributed by atoms with Gasteiger partial charge in [0.1, 0.15) is 6.04 Å². The summed E-state index contributed by atoms with van der Waals surface area (Å²) in [6, 6.07) is 7.65. The number of rotatable bonds is 2. The molecule has 23 heavy (non-hydrogen) atoms. The molecule has 0 saturated carbocycles. The minimum atomic E-state index is -0.304. The summed E-state index contributed by atoms with van der Waals surface area (Å²) in [7, 11) is 0. The average Bonchev–Trinajstić information content (AvgIpc) is 3.32. The van der Waals surface area contributed by atoms with Crippen LogP contribution in [0.15, 0.2) is 30.5 Å². The fraction of sp³-hybridized carbons (Fsp3) is 0.353. The first-order valence-corrected chi connectivity index (χ1v) is 7.89. The van der Waals surface area contributed by atoms with Crippen LogP contribution in [-0.2, 0) is 11.2 Å². The van der Waals surface area contributed by atoms with Crippen molar-refractivity contribution >= 4 is 11.6 Å². The summed E-state index contributed by atoms with van der Waals surface area (Å²) in [5.41, 5.74) is 4.20. The molecule has 2 aromatic rings. The highest BCUT2D eigenvalue weighted by Crippen LogP contribution is 2.36. The van der Waals surface area contributed by atoms with Gasteiger partial charge < -0.3 is 4.90 Å². The van der Waals surface area contributed by atoms with Crippen LogP contribution in [0.3, 0.4) is 0 Å². The van der Waals surface area contributed by atoms with Crippen LogP contribution in [0.1, 0.15) is 18.4 Å². The van der Waals surface area contributed by atoms with Gasteiger partial charge in [0.05, 0.1) is 5.69 Å². The maximum Gasteiger partial charge on any atom is 0.250 e. The molecule has 1 fully saturated rings. The van der Waals surface area contributed by atoms with E-state index >= 15 is 0 Å². The number of H-pyrrole nitrogens is 1. The van der Waals surface area contributed by atoms with Gasteiger partial charge in [0.15, 0.2) is 6.19 Å². The lowest BCUT2D eigenvalue weighted by molar-refractivity contribution is -0.121. The molecule has 116 valence electrons. The Morgan fingerprint density at radius 1 is 1.35 bits per heavy atom. The fourth-order valence-electron chi connectivity index (χ4n) is 3.64. The van der Waals surface area contributed by atoms with Gasteiger partial charge in [0.2, 0.25) is 5.91 Å². The maximum atomic E-state index is 12.9. The number of fused-ring (bicyclic) bond motifs is 1. The molecule has 1 N–H and O–H groups in total. The predicted octanol–water partition coefficient (Wildman–Crippen LogP) is 1.91. The number of carbonyl (C=O) groups excluding carboxylic acids is 1. The summed E-state index contributed by atoms with van der Waals surface area (Å²) in [4.78, 5) is 16.3. The third kappa shape index (κ3) is 2.16. The Balaban J connectivity index is 1.68. The second-order valence-corrected chi connectivity index (χ2v) is 5.96. The molecule has 2 aliphatic rings. The Morgan fingerprint density at radius 2 is 2.26 bits per heavy atom. The molecule has 1 amide bonds. The van der Waals surface area contributed by atoms with Crippen LogP contribution in [0.4, 0.5) is 5.69 Å². The Kier molecular flexibility index (Phi) is 3.27. The summed E-state index contributed by atoms with van der Waals surface area (Å²) >= 11 is 0. The molecular formula is C17H17N5O. The van der Waals surface area contributed by atoms with E-state index in [0.717, 1.165) is 36.2 Å². The number of aromatic amines is 1. The SMILES string of the molecule is N#CN1CCCC1C(=O)N1CCc2c(-c3ccn[nH]3)cccc21. The van der Waals surface area contributed by atoms with E-state index in [2.05, 4.69) is 22.5 Å². The second-order valence-electron chi connectivity index (χ2n) is 5.96. The van der Waals surface area contributed by atoms with Crippen molar-refractivity contribution in [3.63, 3.8) is 0 Å². The minimum absolute atomic E-state index is 0.0459. The van der Waals surface area contributed by atoms with Gasteiger partial charge >= 0.3 is 0 Å². The van der Waals surface area contributed by atoms with Gasteiger partial charge in [0.25, 0.3) is 0 Å². The van der Waals surface area contributed by atoms with Crippen molar-refractivity contribution in [2.75, 3.05) is 18.0 Å². The number of nitriles is 1. The van der Waals surface area contributed by atoms with Crippen LogP contribution in [0.25, 0.3) is 11.3 Å². The molecule has 1 unspecified atom stereocenters. The topological polar surface area (TPSA) is 76.0 Å². The number of hydrogen-bond donors (Lipinski definition) is 1. The molecule has 6 heteroatoms. The Labute approximate surface area is 134 Å². The largest absolute Gasteiger partial charge is 0.310 e. The summed E-state index contributed by atoms with van der Waals surface area (Å²) in [6.45, 7) is 1.36. The number of aromatic nitrogens is 2. The number of anilines is 1. The van der Waals surface area contributed by atoms with Crippen LogP contribution in [0.2, 0.25) is 0 Å². The maximum absolute atomic E-state index is 12.9. The molecular weight excluding hydrogens is 290 g/mol. The van der Waals surface area contributed by atoms with E-state index in [-0.39, 0.29) is 11.9 Å². The van der Waals surface area contributed by atoms with Crippen molar-refractivity contribution < 1.29 is 4.79 Å². The van der Waals surface area contributed by atoms with Crippen LogP contribution in [0, 0.1) is 11.5 Å². The molecule has 3 heterocycles. The van der Waals surface area contributed by atoms with Gasteiger partial charge in [-0.15, -0.1) is 0 Å². The van der Waals surface area contributed by atoms with Crippen molar-refractivity contribution in [1.82, 2.24) is 15.1 Å². The van der Waals surface area contributed by atoms with Crippen molar-refractivity contribution in [3.05, 3.63) is 36.0 Å². The predicted molar refractivity (Wildman–Crippen MR) is 85.4 cm³/mol. The Hall–Kier alpha value is -2.81. The first-order chi connectivity index (χ1) is 11.3. The minimum Gasteiger partial charge on any atom is -0.310 e. The quantitative estimate of drug-likeness (QED) is 0.860. The zero-order chi connectivity index (χ0) is 15.8. The molecule has 2 aliphatic heterocycles. The smallest absolute Gasteiger partial charge is 0.250 e. The lowest BCUT2D eigenvalue weighted by atomic mass is 10.0. The number of amides is 1. The Bertz CT molecular complexity index is 777. The monoisotopic (exact) mass is 307 g/mol. The highest BCUT2D eigenvalue weighted by atomic mass is 16.2. The Morgan fingerprint density at radius 3 is 3.04 bits per heavy atom. The van der Waals surface area contributed by atoms with Crippen molar-refractivity contribution in [1.29, 1.82) is 5.26 Å². The highest BCUT2D eigenvalue weighted by Gasteiger charge is 2.36. The molecule has 1 aromatic carbocycles. The molecule has 0 spiro atoms. The summed E-state index contributed by atoms with van der Waals surface area (Å²) in [6.07, 6.45) is 6.37. The van der Waals surface area contributed by atoms with Gasteiger partial charge in [-0.3, -0.25) is 14.8 Å². The molecule has 0 aliphatic carbocycles. The fourth-order valence-corrected chi connectivity index (χ4v) is 3.64. The number of benzene rings is 1. The van der Waals surface area contributed by atoms with Crippen molar-refractivity contribution in [2.24, 2.45) is 0 Å².